The summed E-state index contributed by atoms with van der Waals surface area (Å²) in [5.41, 5.74) is 8.03. The summed E-state index contributed by atoms with van der Waals surface area (Å²) >= 11 is 0. The molecule has 120 valence electrons. The number of rotatable bonds is 5. The second-order valence-corrected chi connectivity index (χ2v) is 5.93. The molecule has 0 aromatic heterocycles. The Morgan fingerprint density at radius 1 is 0.826 bits per heavy atom. The fourth-order valence-electron chi connectivity index (χ4n) is 2.24. The molecule has 4 heteroatoms. The highest BCUT2D eigenvalue weighted by Gasteiger charge is 2.07. The summed E-state index contributed by atoms with van der Waals surface area (Å²) in [7, 11) is 0. The molecule has 0 atom stereocenters. The van der Waals surface area contributed by atoms with Crippen LogP contribution >= 0.6 is 0 Å². The molecular weight excluding hydrogens is 288 g/mol. The van der Waals surface area contributed by atoms with Crippen molar-refractivity contribution in [3.63, 3.8) is 0 Å². The summed E-state index contributed by atoms with van der Waals surface area (Å²) < 4.78 is 0. The minimum atomic E-state index is -0.227. The van der Waals surface area contributed by atoms with E-state index < -0.39 is 0 Å². The first-order chi connectivity index (χ1) is 11.0. The zero-order valence-corrected chi connectivity index (χ0v) is 13.5. The van der Waals surface area contributed by atoms with E-state index in [9.17, 15) is 9.59 Å². The van der Waals surface area contributed by atoms with Crippen LogP contribution in [-0.4, -0.2) is 11.8 Å². The Hall–Kier alpha value is -2.62. The number of hydrogen-bond acceptors (Lipinski definition) is 2. The van der Waals surface area contributed by atoms with Crippen LogP contribution in [0.15, 0.2) is 54.6 Å². The molecule has 2 N–H and O–H groups in total. The maximum Gasteiger partial charge on any atom is 0.242 e. The molecular formula is C19H22N2O2. The first-order valence-electron chi connectivity index (χ1n) is 7.76. The van der Waals surface area contributed by atoms with Crippen molar-refractivity contribution in [2.75, 3.05) is 0 Å². The van der Waals surface area contributed by atoms with E-state index >= 15 is 0 Å². The van der Waals surface area contributed by atoms with Gasteiger partial charge in [-0.3, -0.25) is 20.4 Å². The van der Waals surface area contributed by atoms with Gasteiger partial charge in [0, 0.05) is 6.42 Å². The molecule has 0 fully saturated rings. The van der Waals surface area contributed by atoms with E-state index in [1.54, 1.807) is 0 Å². The summed E-state index contributed by atoms with van der Waals surface area (Å²) in [5.74, 6) is -0.139. The van der Waals surface area contributed by atoms with Gasteiger partial charge in [-0.05, 0) is 22.6 Å². The summed E-state index contributed by atoms with van der Waals surface area (Å²) in [6, 6.07) is 17.9. The van der Waals surface area contributed by atoms with Crippen LogP contribution in [0.5, 0.6) is 0 Å². The van der Waals surface area contributed by atoms with E-state index in [1.807, 2.05) is 68.4 Å². The monoisotopic (exact) mass is 310 g/mol. The second kappa shape index (κ2) is 8.13. The fraction of sp³-hybridized carbons (Fsp3) is 0.263. The number of nitrogens with one attached hydrogen (secondary N) is 2. The van der Waals surface area contributed by atoms with Crippen LogP contribution in [0, 0.1) is 5.92 Å². The Balaban J connectivity index is 1.86. The van der Waals surface area contributed by atoms with Crippen molar-refractivity contribution in [2.45, 2.75) is 26.7 Å². The van der Waals surface area contributed by atoms with Crippen LogP contribution in [0.25, 0.3) is 11.1 Å². The largest absolute Gasteiger partial charge is 0.273 e. The Labute approximate surface area is 136 Å². The van der Waals surface area contributed by atoms with Crippen LogP contribution in [-0.2, 0) is 16.0 Å². The smallest absolute Gasteiger partial charge is 0.242 e. The third kappa shape index (κ3) is 5.58. The van der Waals surface area contributed by atoms with Gasteiger partial charge in [0.2, 0.25) is 11.8 Å². The highest BCUT2D eigenvalue weighted by Crippen LogP contribution is 2.19. The minimum Gasteiger partial charge on any atom is -0.273 e. The van der Waals surface area contributed by atoms with E-state index in [-0.39, 0.29) is 24.2 Å². The van der Waals surface area contributed by atoms with Gasteiger partial charge in [0.1, 0.15) is 0 Å². The van der Waals surface area contributed by atoms with Gasteiger partial charge < -0.3 is 0 Å². The number of hydrogen-bond donors (Lipinski definition) is 2. The van der Waals surface area contributed by atoms with Crippen molar-refractivity contribution in [3.8, 4) is 11.1 Å². The highest BCUT2D eigenvalue weighted by molar-refractivity contribution is 5.83. The molecule has 0 spiro atoms. The summed E-state index contributed by atoms with van der Waals surface area (Å²) in [6.07, 6.45) is 0.628. The van der Waals surface area contributed by atoms with Gasteiger partial charge in [-0.15, -0.1) is 0 Å². The molecule has 4 nitrogen and oxygen atoms in total. The third-order valence-electron chi connectivity index (χ3n) is 3.36. The minimum absolute atomic E-state index is 0.173. The first-order valence-corrected chi connectivity index (χ1v) is 7.76. The molecule has 2 rings (SSSR count). The standard InChI is InChI=1S/C19H22N2O2/c1-14(2)12-18(22)20-21-19(23)13-15-8-10-17(11-9-15)16-6-4-3-5-7-16/h3-11,14H,12-13H2,1-2H3,(H,20,22)(H,21,23). The lowest BCUT2D eigenvalue weighted by atomic mass is 10.0. The molecule has 0 aliphatic heterocycles. The van der Waals surface area contributed by atoms with Crippen molar-refractivity contribution in [1.29, 1.82) is 0 Å². The van der Waals surface area contributed by atoms with Gasteiger partial charge in [0.15, 0.2) is 0 Å². The van der Waals surface area contributed by atoms with E-state index in [0.717, 1.165) is 16.7 Å². The van der Waals surface area contributed by atoms with E-state index in [4.69, 9.17) is 0 Å². The summed E-state index contributed by atoms with van der Waals surface area (Å²) in [5, 5.41) is 0. The van der Waals surface area contributed by atoms with Crippen molar-refractivity contribution >= 4 is 11.8 Å². The Bertz CT molecular complexity index is 649. The van der Waals surface area contributed by atoms with Crippen molar-refractivity contribution < 1.29 is 9.59 Å². The number of benzene rings is 2. The Kier molecular flexibility index (Phi) is 5.92. The molecule has 0 saturated heterocycles. The third-order valence-corrected chi connectivity index (χ3v) is 3.36. The average Bonchev–Trinajstić information content (AvgIpc) is 2.54. The van der Waals surface area contributed by atoms with Crippen LogP contribution in [0.3, 0.4) is 0 Å². The molecule has 2 aromatic carbocycles. The summed E-state index contributed by atoms with van der Waals surface area (Å²) in [6.45, 7) is 3.91. The normalized spacial score (nSPS) is 10.4. The molecule has 0 saturated carbocycles. The zero-order valence-electron chi connectivity index (χ0n) is 13.5. The van der Waals surface area contributed by atoms with Crippen LogP contribution < -0.4 is 10.9 Å². The molecule has 0 bridgehead atoms. The predicted molar refractivity (Wildman–Crippen MR) is 91.3 cm³/mol. The first kappa shape index (κ1) is 16.7. The Morgan fingerprint density at radius 3 is 2.00 bits per heavy atom. The van der Waals surface area contributed by atoms with Crippen LogP contribution in [0.1, 0.15) is 25.8 Å². The molecule has 2 aromatic rings. The van der Waals surface area contributed by atoms with Crippen molar-refractivity contribution in [2.24, 2.45) is 5.92 Å². The lowest BCUT2D eigenvalue weighted by molar-refractivity contribution is -0.129. The SMILES string of the molecule is CC(C)CC(=O)NNC(=O)Cc1ccc(-c2ccccc2)cc1. The quantitative estimate of drug-likeness (QED) is 0.834. The van der Waals surface area contributed by atoms with Gasteiger partial charge in [0.25, 0.3) is 0 Å². The number of amides is 2. The average molecular weight is 310 g/mol. The van der Waals surface area contributed by atoms with Gasteiger partial charge in [0.05, 0.1) is 6.42 Å². The van der Waals surface area contributed by atoms with Crippen LogP contribution in [0.2, 0.25) is 0 Å². The lowest BCUT2D eigenvalue weighted by Gasteiger charge is -2.09. The van der Waals surface area contributed by atoms with Crippen LogP contribution in [0.4, 0.5) is 0 Å². The summed E-state index contributed by atoms with van der Waals surface area (Å²) in [4.78, 5) is 23.3. The van der Waals surface area contributed by atoms with Gasteiger partial charge in [-0.2, -0.15) is 0 Å². The van der Waals surface area contributed by atoms with E-state index in [1.165, 1.54) is 0 Å². The Morgan fingerprint density at radius 2 is 1.39 bits per heavy atom. The number of hydrazine groups is 1. The van der Waals surface area contributed by atoms with Crippen molar-refractivity contribution in [1.82, 2.24) is 10.9 Å². The highest BCUT2D eigenvalue weighted by atomic mass is 16.2. The van der Waals surface area contributed by atoms with Crippen molar-refractivity contribution in [3.05, 3.63) is 60.2 Å². The predicted octanol–water partition coefficient (Wildman–Crippen LogP) is 3.09. The maximum atomic E-state index is 11.8. The molecule has 0 aliphatic rings. The van der Waals surface area contributed by atoms with Gasteiger partial charge in [-0.1, -0.05) is 68.4 Å². The molecule has 0 heterocycles. The molecule has 0 aliphatic carbocycles. The molecule has 23 heavy (non-hydrogen) atoms. The molecule has 0 unspecified atom stereocenters. The zero-order chi connectivity index (χ0) is 16.7. The fourth-order valence-corrected chi connectivity index (χ4v) is 2.24. The molecule has 2 amide bonds. The topological polar surface area (TPSA) is 58.2 Å². The maximum absolute atomic E-state index is 11.8. The van der Waals surface area contributed by atoms with Gasteiger partial charge in [-0.25, -0.2) is 0 Å². The number of carbonyl (C=O) groups is 2. The lowest BCUT2D eigenvalue weighted by Crippen LogP contribution is -2.42. The van der Waals surface area contributed by atoms with Gasteiger partial charge >= 0.3 is 0 Å². The molecule has 0 radical (unpaired) electrons. The van der Waals surface area contributed by atoms with E-state index in [0.29, 0.717) is 6.42 Å². The second-order valence-electron chi connectivity index (χ2n) is 5.93. The van der Waals surface area contributed by atoms with E-state index in [2.05, 4.69) is 10.9 Å². The number of carbonyl (C=O) groups excluding carboxylic acids is 2.